The van der Waals surface area contributed by atoms with Crippen molar-refractivity contribution < 1.29 is 14.6 Å². The first-order valence-corrected chi connectivity index (χ1v) is 10.1. The lowest BCUT2D eigenvalue weighted by molar-refractivity contribution is -0.112. The Morgan fingerprint density at radius 3 is 2.12 bits per heavy atom. The lowest BCUT2D eigenvalue weighted by atomic mass is 9.50. The molecular formula is C20H35NO3. The van der Waals surface area contributed by atoms with Gasteiger partial charge in [-0.05, 0) is 75.5 Å². The Bertz CT molecular complexity index is 395. The third kappa shape index (κ3) is 3.82. The van der Waals surface area contributed by atoms with E-state index in [4.69, 9.17) is 9.47 Å². The number of nitrogens with zero attached hydrogens (tertiary/aromatic N) is 1. The highest BCUT2D eigenvalue weighted by atomic mass is 16.5. The Balaban J connectivity index is 1.21. The summed E-state index contributed by atoms with van der Waals surface area (Å²) in [6.45, 7) is 8.12. The molecule has 1 aliphatic heterocycles. The summed E-state index contributed by atoms with van der Waals surface area (Å²) in [5.41, 5.74) is 0.455. The molecule has 138 valence electrons. The molecule has 0 amide bonds. The maximum atomic E-state index is 10.4. The topological polar surface area (TPSA) is 41.9 Å². The highest BCUT2D eigenvalue weighted by molar-refractivity contribution is 5.01. The predicted molar refractivity (Wildman–Crippen MR) is 93.9 cm³/mol. The normalized spacial score (nSPS) is 46.4. The lowest BCUT2D eigenvalue weighted by Gasteiger charge is -2.56. The summed E-state index contributed by atoms with van der Waals surface area (Å²) >= 11 is 0. The first-order valence-electron chi connectivity index (χ1n) is 10.1. The fourth-order valence-electron chi connectivity index (χ4n) is 6.66. The van der Waals surface area contributed by atoms with Crippen molar-refractivity contribution in [1.29, 1.82) is 0 Å². The van der Waals surface area contributed by atoms with E-state index >= 15 is 0 Å². The van der Waals surface area contributed by atoms with Crippen LogP contribution in [0.3, 0.4) is 0 Å². The smallest absolute Gasteiger partial charge is 0.0900 e. The molecule has 1 heterocycles. The van der Waals surface area contributed by atoms with Gasteiger partial charge in [0.15, 0.2) is 0 Å². The van der Waals surface area contributed by atoms with Crippen LogP contribution in [0.5, 0.6) is 0 Å². The molecule has 5 fully saturated rings. The van der Waals surface area contributed by atoms with E-state index in [1.54, 1.807) is 0 Å². The molecule has 0 aromatic carbocycles. The quantitative estimate of drug-likeness (QED) is 0.809. The zero-order valence-corrected chi connectivity index (χ0v) is 15.5. The lowest BCUT2D eigenvalue weighted by Crippen LogP contribution is -2.49. The van der Waals surface area contributed by atoms with Gasteiger partial charge in [-0.3, -0.25) is 4.90 Å². The maximum absolute atomic E-state index is 10.4. The molecule has 4 aliphatic carbocycles. The second kappa shape index (κ2) is 6.86. The molecule has 0 aromatic heterocycles. The van der Waals surface area contributed by atoms with E-state index in [9.17, 15) is 5.11 Å². The summed E-state index contributed by atoms with van der Waals surface area (Å²) < 4.78 is 11.8. The molecule has 1 saturated heterocycles. The maximum Gasteiger partial charge on any atom is 0.0900 e. The first kappa shape index (κ1) is 17.3. The summed E-state index contributed by atoms with van der Waals surface area (Å²) in [5.74, 6) is 2.92. The number of β-amino-alcohol motifs (C(OH)–C–C–N with tert-alkyl or cyclic N) is 1. The van der Waals surface area contributed by atoms with Gasteiger partial charge in [-0.1, -0.05) is 0 Å². The zero-order valence-electron chi connectivity index (χ0n) is 15.5. The van der Waals surface area contributed by atoms with E-state index in [1.807, 2.05) is 0 Å². The van der Waals surface area contributed by atoms with Crippen LogP contribution in [0.1, 0.15) is 52.4 Å². The number of rotatable bonds is 6. The number of hydrogen-bond acceptors (Lipinski definition) is 4. The number of morpholine rings is 1. The third-order valence-electron chi connectivity index (χ3n) is 6.85. The van der Waals surface area contributed by atoms with Crippen LogP contribution >= 0.6 is 0 Å². The average Bonchev–Trinajstić information content (AvgIpc) is 2.44. The van der Waals surface area contributed by atoms with Crippen LogP contribution in [0, 0.1) is 23.2 Å². The SMILES string of the molecule is C[C@@H]1CN(C[C@H](O)COCC23CC4CC(CC(C4)C2)C3)C[C@H](C)O1. The van der Waals surface area contributed by atoms with Gasteiger partial charge in [0.2, 0.25) is 0 Å². The third-order valence-corrected chi connectivity index (χ3v) is 6.85. The molecule has 4 saturated carbocycles. The summed E-state index contributed by atoms with van der Waals surface area (Å²) in [7, 11) is 0. The van der Waals surface area contributed by atoms with Crippen LogP contribution in [-0.2, 0) is 9.47 Å². The van der Waals surface area contributed by atoms with Crippen molar-refractivity contribution in [2.45, 2.75) is 70.7 Å². The Morgan fingerprint density at radius 2 is 1.58 bits per heavy atom. The van der Waals surface area contributed by atoms with Crippen LogP contribution in [0.2, 0.25) is 0 Å². The molecular weight excluding hydrogens is 302 g/mol. The van der Waals surface area contributed by atoms with Crippen molar-refractivity contribution in [2.75, 3.05) is 32.8 Å². The Kier molecular flexibility index (Phi) is 4.94. The highest BCUT2D eigenvalue weighted by Gasteiger charge is 2.50. The number of hydrogen-bond donors (Lipinski definition) is 1. The van der Waals surface area contributed by atoms with E-state index in [-0.39, 0.29) is 18.3 Å². The van der Waals surface area contributed by atoms with Crippen molar-refractivity contribution in [3.8, 4) is 0 Å². The summed E-state index contributed by atoms with van der Waals surface area (Å²) in [4.78, 5) is 2.32. The van der Waals surface area contributed by atoms with E-state index in [0.717, 1.165) is 37.5 Å². The van der Waals surface area contributed by atoms with Crippen LogP contribution in [0.25, 0.3) is 0 Å². The van der Waals surface area contributed by atoms with Gasteiger partial charge >= 0.3 is 0 Å². The van der Waals surface area contributed by atoms with Gasteiger partial charge in [0.1, 0.15) is 0 Å². The fourth-order valence-corrected chi connectivity index (χ4v) is 6.66. The second-order valence-corrected chi connectivity index (χ2v) is 9.56. The van der Waals surface area contributed by atoms with E-state index in [0.29, 0.717) is 18.6 Å². The molecule has 0 radical (unpaired) electrons. The zero-order chi connectivity index (χ0) is 16.7. The highest BCUT2D eigenvalue weighted by Crippen LogP contribution is 2.60. The van der Waals surface area contributed by atoms with E-state index < -0.39 is 0 Å². The summed E-state index contributed by atoms with van der Waals surface area (Å²) in [6.07, 6.45) is 8.73. The Morgan fingerprint density at radius 1 is 1.04 bits per heavy atom. The predicted octanol–water partition coefficient (Wildman–Crippen LogP) is 2.69. The first-order chi connectivity index (χ1) is 11.5. The van der Waals surface area contributed by atoms with Gasteiger partial charge in [0.25, 0.3) is 0 Å². The van der Waals surface area contributed by atoms with Gasteiger partial charge in [0.05, 0.1) is 31.5 Å². The van der Waals surface area contributed by atoms with Crippen LogP contribution in [0.15, 0.2) is 0 Å². The minimum atomic E-state index is -0.378. The molecule has 5 aliphatic rings. The van der Waals surface area contributed by atoms with Gasteiger partial charge in [-0.25, -0.2) is 0 Å². The summed E-state index contributed by atoms with van der Waals surface area (Å²) in [5, 5.41) is 10.4. The average molecular weight is 338 g/mol. The molecule has 5 rings (SSSR count). The number of aliphatic hydroxyl groups is 1. The summed E-state index contributed by atoms with van der Waals surface area (Å²) in [6, 6.07) is 0. The van der Waals surface area contributed by atoms with E-state index in [1.165, 1.54) is 38.5 Å². The fraction of sp³-hybridized carbons (Fsp3) is 1.00. The Labute approximate surface area is 146 Å². The molecule has 1 N–H and O–H groups in total. The van der Waals surface area contributed by atoms with Crippen molar-refractivity contribution in [1.82, 2.24) is 4.90 Å². The standard InChI is InChI=1S/C20H35NO3/c1-14-9-21(10-15(2)24-14)11-19(22)12-23-13-20-6-16-3-17(7-20)5-18(4-16)8-20/h14-19,22H,3-13H2,1-2H3/t14-,15+,16?,17?,18?,19-,20?/m0/s1. The molecule has 4 nitrogen and oxygen atoms in total. The van der Waals surface area contributed by atoms with Crippen molar-refractivity contribution in [3.05, 3.63) is 0 Å². The van der Waals surface area contributed by atoms with Crippen molar-refractivity contribution in [2.24, 2.45) is 23.2 Å². The number of ether oxygens (including phenoxy) is 2. The van der Waals surface area contributed by atoms with Gasteiger partial charge in [-0.2, -0.15) is 0 Å². The van der Waals surface area contributed by atoms with Gasteiger partial charge in [-0.15, -0.1) is 0 Å². The molecule has 0 unspecified atom stereocenters. The largest absolute Gasteiger partial charge is 0.389 e. The molecule has 0 spiro atoms. The minimum Gasteiger partial charge on any atom is -0.389 e. The van der Waals surface area contributed by atoms with Gasteiger partial charge < -0.3 is 14.6 Å². The van der Waals surface area contributed by atoms with Gasteiger partial charge in [0, 0.05) is 19.6 Å². The number of aliphatic hydroxyl groups excluding tert-OH is 1. The molecule has 4 heteroatoms. The molecule has 0 aromatic rings. The van der Waals surface area contributed by atoms with Crippen LogP contribution in [-0.4, -0.2) is 61.2 Å². The molecule has 3 atom stereocenters. The molecule has 4 bridgehead atoms. The van der Waals surface area contributed by atoms with Crippen LogP contribution in [0.4, 0.5) is 0 Å². The van der Waals surface area contributed by atoms with Crippen LogP contribution < -0.4 is 0 Å². The van der Waals surface area contributed by atoms with Crippen molar-refractivity contribution in [3.63, 3.8) is 0 Å². The Hall–Kier alpha value is -0.160. The minimum absolute atomic E-state index is 0.258. The van der Waals surface area contributed by atoms with E-state index in [2.05, 4.69) is 18.7 Å². The monoisotopic (exact) mass is 337 g/mol. The second-order valence-electron chi connectivity index (χ2n) is 9.56. The molecule has 24 heavy (non-hydrogen) atoms. The van der Waals surface area contributed by atoms with Crippen molar-refractivity contribution >= 4 is 0 Å².